The molecule has 2 aromatic rings. The number of carbonyl (C=O) groups is 1. The third-order valence-corrected chi connectivity index (χ3v) is 3.20. The highest BCUT2D eigenvalue weighted by atomic mass is 35.5. The molecule has 0 amide bonds. The summed E-state index contributed by atoms with van der Waals surface area (Å²) in [4.78, 5) is 11.0. The zero-order valence-electron chi connectivity index (χ0n) is 10.7. The van der Waals surface area contributed by atoms with Gasteiger partial charge in [-0.1, -0.05) is 29.3 Å². The zero-order valence-corrected chi connectivity index (χ0v) is 12.2. The average Bonchev–Trinajstić information content (AvgIpc) is 2.37. The molecular weight excluding hydrogens is 299 g/mol. The van der Waals surface area contributed by atoms with Gasteiger partial charge in [-0.05, 0) is 48.4 Å². The molecule has 0 bridgehead atoms. The van der Waals surface area contributed by atoms with Crippen LogP contribution >= 0.6 is 23.2 Å². The largest absolute Gasteiger partial charge is 0.487 e. The van der Waals surface area contributed by atoms with Crippen LogP contribution in [0.25, 0.3) is 0 Å². The predicted octanol–water partition coefficient (Wildman–Crippen LogP) is 4.58. The molecule has 0 unspecified atom stereocenters. The van der Waals surface area contributed by atoms with Crippen molar-refractivity contribution in [2.45, 2.75) is 13.5 Å². The van der Waals surface area contributed by atoms with Crippen molar-refractivity contribution in [2.24, 2.45) is 0 Å². The van der Waals surface area contributed by atoms with E-state index in [0.717, 1.165) is 11.1 Å². The summed E-state index contributed by atoms with van der Waals surface area (Å²) in [7, 11) is 0. The van der Waals surface area contributed by atoms with E-state index < -0.39 is 5.97 Å². The monoisotopic (exact) mass is 310 g/mol. The van der Waals surface area contributed by atoms with E-state index in [2.05, 4.69) is 0 Å². The highest BCUT2D eigenvalue weighted by Gasteiger charge is 2.07. The smallest absolute Gasteiger partial charge is 0.335 e. The van der Waals surface area contributed by atoms with E-state index in [-0.39, 0.29) is 12.2 Å². The molecule has 2 aromatic carbocycles. The minimum Gasteiger partial charge on any atom is -0.487 e. The molecule has 3 nitrogen and oxygen atoms in total. The first-order chi connectivity index (χ1) is 9.45. The first-order valence-electron chi connectivity index (χ1n) is 5.87. The molecule has 0 aliphatic carbocycles. The lowest BCUT2D eigenvalue weighted by Crippen LogP contribution is -2.01. The van der Waals surface area contributed by atoms with Crippen molar-refractivity contribution in [1.29, 1.82) is 0 Å². The van der Waals surface area contributed by atoms with Crippen molar-refractivity contribution < 1.29 is 14.6 Å². The van der Waals surface area contributed by atoms with Gasteiger partial charge >= 0.3 is 5.97 Å². The fourth-order valence-corrected chi connectivity index (χ4v) is 2.29. The predicted molar refractivity (Wildman–Crippen MR) is 78.9 cm³/mol. The number of benzene rings is 2. The quantitative estimate of drug-likeness (QED) is 0.899. The molecule has 2 rings (SSSR count). The van der Waals surface area contributed by atoms with Crippen LogP contribution in [0.5, 0.6) is 5.75 Å². The summed E-state index contributed by atoms with van der Waals surface area (Å²) in [5, 5.41) is 9.97. The number of rotatable bonds is 4. The molecule has 0 saturated heterocycles. The second-order valence-corrected chi connectivity index (χ2v) is 5.22. The molecule has 0 fully saturated rings. The summed E-state index contributed by atoms with van der Waals surface area (Å²) in [5.74, 6) is -0.450. The van der Waals surface area contributed by atoms with Crippen LogP contribution in [-0.4, -0.2) is 11.1 Å². The number of hydrogen-bond donors (Lipinski definition) is 1. The fourth-order valence-electron chi connectivity index (χ4n) is 1.82. The second-order valence-electron chi connectivity index (χ2n) is 4.38. The van der Waals surface area contributed by atoms with Gasteiger partial charge in [-0.15, -0.1) is 0 Å². The Kier molecular flexibility index (Phi) is 4.53. The minimum absolute atomic E-state index is 0.239. The van der Waals surface area contributed by atoms with Crippen LogP contribution in [-0.2, 0) is 6.61 Å². The third-order valence-electron chi connectivity index (χ3n) is 2.67. The molecule has 0 heterocycles. The van der Waals surface area contributed by atoms with Crippen LogP contribution in [0.2, 0.25) is 10.0 Å². The maximum atomic E-state index is 11.0. The Balaban J connectivity index is 2.16. The van der Waals surface area contributed by atoms with E-state index in [4.69, 9.17) is 33.0 Å². The van der Waals surface area contributed by atoms with Crippen molar-refractivity contribution in [1.82, 2.24) is 0 Å². The summed E-state index contributed by atoms with van der Waals surface area (Å²) in [5.41, 5.74) is 1.88. The van der Waals surface area contributed by atoms with Crippen LogP contribution in [0.1, 0.15) is 21.5 Å². The van der Waals surface area contributed by atoms with E-state index in [1.54, 1.807) is 30.3 Å². The van der Waals surface area contributed by atoms with Crippen LogP contribution in [0.3, 0.4) is 0 Å². The van der Waals surface area contributed by atoms with Gasteiger partial charge in [-0.3, -0.25) is 0 Å². The van der Waals surface area contributed by atoms with Gasteiger partial charge in [0, 0.05) is 5.02 Å². The number of aryl methyl sites for hydroxylation is 1. The minimum atomic E-state index is -0.959. The Morgan fingerprint density at radius 1 is 1.20 bits per heavy atom. The third kappa shape index (κ3) is 3.65. The van der Waals surface area contributed by atoms with Gasteiger partial charge in [0.05, 0.1) is 10.6 Å². The summed E-state index contributed by atoms with van der Waals surface area (Å²) >= 11 is 11.8. The lowest BCUT2D eigenvalue weighted by molar-refractivity contribution is 0.0696. The molecule has 5 heteroatoms. The maximum absolute atomic E-state index is 11.0. The standard InChI is InChI=1S/C15H12Cl2O3/c1-9-4-10(6-11(5-9)15(18)19)8-20-14-3-2-12(16)7-13(14)17/h2-7H,8H2,1H3,(H,18,19). The van der Waals surface area contributed by atoms with Crippen molar-refractivity contribution in [3.8, 4) is 5.75 Å². The van der Waals surface area contributed by atoms with Gasteiger partial charge in [0.1, 0.15) is 12.4 Å². The van der Waals surface area contributed by atoms with Crippen LogP contribution in [0.15, 0.2) is 36.4 Å². The van der Waals surface area contributed by atoms with Crippen molar-refractivity contribution >= 4 is 29.2 Å². The Labute approximate surface area is 126 Å². The summed E-state index contributed by atoms with van der Waals surface area (Å²) in [6, 6.07) is 10.0. The van der Waals surface area contributed by atoms with Gasteiger partial charge in [0.2, 0.25) is 0 Å². The summed E-state index contributed by atoms with van der Waals surface area (Å²) in [6.07, 6.45) is 0. The van der Waals surface area contributed by atoms with Crippen molar-refractivity contribution in [2.75, 3.05) is 0 Å². The van der Waals surface area contributed by atoms with Crippen molar-refractivity contribution in [3.63, 3.8) is 0 Å². The highest BCUT2D eigenvalue weighted by molar-refractivity contribution is 6.35. The van der Waals surface area contributed by atoms with Gasteiger partial charge in [-0.25, -0.2) is 4.79 Å². The molecule has 0 aliphatic heterocycles. The van der Waals surface area contributed by atoms with Crippen molar-refractivity contribution in [3.05, 3.63) is 63.1 Å². The van der Waals surface area contributed by atoms with Gasteiger partial charge in [-0.2, -0.15) is 0 Å². The Morgan fingerprint density at radius 3 is 2.60 bits per heavy atom. The Bertz CT molecular complexity index is 654. The summed E-state index contributed by atoms with van der Waals surface area (Å²) < 4.78 is 5.58. The molecule has 104 valence electrons. The molecule has 20 heavy (non-hydrogen) atoms. The molecular formula is C15H12Cl2O3. The number of ether oxygens (including phenoxy) is 1. The van der Waals surface area contributed by atoms with E-state index in [1.165, 1.54) is 0 Å². The van der Waals surface area contributed by atoms with Crippen LogP contribution in [0.4, 0.5) is 0 Å². The molecule has 0 radical (unpaired) electrons. The van der Waals surface area contributed by atoms with E-state index in [0.29, 0.717) is 15.8 Å². The number of carboxylic acids is 1. The van der Waals surface area contributed by atoms with E-state index in [9.17, 15) is 4.79 Å². The van der Waals surface area contributed by atoms with E-state index in [1.807, 2.05) is 13.0 Å². The van der Waals surface area contributed by atoms with Crippen LogP contribution in [0, 0.1) is 6.92 Å². The lowest BCUT2D eigenvalue weighted by atomic mass is 10.1. The Hall–Kier alpha value is -1.71. The normalized spacial score (nSPS) is 10.3. The Morgan fingerprint density at radius 2 is 1.95 bits per heavy atom. The number of hydrogen-bond acceptors (Lipinski definition) is 2. The zero-order chi connectivity index (χ0) is 14.7. The molecule has 0 spiro atoms. The molecule has 1 N–H and O–H groups in total. The average molecular weight is 311 g/mol. The second kappa shape index (κ2) is 6.16. The van der Waals surface area contributed by atoms with Gasteiger partial charge < -0.3 is 9.84 Å². The van der Waals surface area contributed by atoms with E-state index >= 15 is 0 Å². The van der Waals surface area contributed by atoms with Gasteiger partial charge in [0.25, 0.3) is 0 Å². The maximum Gasteiger partial charge on any atom is 0.335 e. The molecule has 0 atom stereocenters. The number of carboxylic acid groups (broad SMARTS) is 1. The topological polar surface area (TPSA) is 46.5 Å². The first-order valence-corrected chi connectivity index (χ1v) is 6.63. The van der Waals surface area contributed by atoms with Gasteiger partial charge in [0.15, 0.2) is 0 Å². The number of aromatic carboxylic acids is 1. The number of halogens is 2. The SMILES string of the molecule is Cc1cc(COc2ccc(Cl)cc2Cl)cc(C(=O)O)c1. The molecule has 0 aliphatic rings. The highest BCUT2D eigenvalue weighted by Crippen LogP contribution is 2.28. The lowest BCUT2D eigenvalue weighted by Gasteiger charge is -2.09. The van der Waals surface area contributed by atoms with Crippen LogP contribution < -0.4 is 4.74 Å². The molecule has 0 saturated carbocycles. The first kappa shape index (κ1) is 14.7. The fraction of sp³-hybridized carbons (Fsp3) is 0.133. The summed E-state index contributed by atoms with van der Waals surface area (Å²) in [6.45, 7) is 2.08. The molecule has 0 aromatic heterocycles.